The Morgan fingerprint density at radius 1 is 1.24 bits per heavy atom. The summed E-state index contributed by atoms with van der Waals surface area (Å²) in [4.78, 5) is 38.1. The van der Waals surface area contributed by atoms with Gasteiger partial charge in [-0.15, -0.1) is 0 Å². The quantitative estimate of drug-likeness (QED) is 0.649. The van der Waals surface area contributed by atoms with E-state index in [1.807, 2.05) is 6.92 Å². The van der Waals surface area contributed by atoms with Gasteiger partial charge in [0.2, 0.25) is 0 Å². The van der Waals surface area contributed by atoms with Crippen LogP contribution in [-0.2, 0) is 0 Å². The van der Waals surface area contributed by atoms with Crippen LogP contribution in [0.4, 0.5) is 0 Å². The fourth-order valence-corrected chi connectivity index (χ4v) is 2.55. The lowest BCUT2D eigenvalue weighted by atomic mass is 10.2. The normalized spacial score (nSPS) is 10.0. The van der Waals surface area contributed by atoms with Crippen LogP contribution < -0.4 is 25.9 Å². The van der Waals surface area contributed by atoms with Crippen molar-refractivity contribution in [3.05, 3.63) is 56.4 Å². The first-order chi connectivity index (χ1) is 12.0. The molecule has 2 rings (SSSR count). The molecule has 1 aromatic carbocycles. The van der Waals surface area contributed by atoms with E-state index in [-0.39, 0.29) is 11.1 Å². The zero-order valence-electron chi connectivity index (χ0n) is 13.5. The highest BCUT2D eigenvalue weighted by molar-refractivity contribution is 9.10. The Kier molecular flexibility index (Phi) is 6.18. The van der Waals surface area contributed by atoms with Gasteiger partial charge in [-0.25, -0.2) is 0 Å². The predicted molar refractivity (Wildman–Crippen MR) is 93.9 cm³/mol. The van der Waals surface area contributed by atoms with Crippen LogP contribution in [0.5, 0.6) is 11.5 Å². The molecule has 0 saturated heterocycles. The number of nitrogens with one attached hydrogen (secondary N) is 3. The lowest BCUT2D eigenvalue weighted by molar-refractivity contribution is 0.0845. The molecular weight excluding hydrogens is 394 g/mol. The Morgan fingerprint density at radius 2 is 1.96 bits per heavy atom. The molecule has 0 bridgehead atoms. The van der Waals surface area contributed by atoms with Gasteiger partial charge >= 0.3 is 0 Å². The zero-order valence-corrected chi connectivity index (χ0v) is 15.1. The van der Waals surface area contributed by atoms with E-state index in [0.717, 1.165) is 0 Å². The first kappa shape index (κ1) is 18.5. The van der Waals surface area contributed by atoms with E-state index in [1.54, 1.807) is 0 Å². The van der Waals surface area contributed by atoms with Crippen molar-refractivity contribution >= 4 is 27.7 Å². The van der Waals surface area contributed by atoms with E-state index in [9.17, 15) is 14.4 Å². The number of hydrogen-bond donors (Lipinski definition) is 3. The molecule has 0 fully saturated rings. The number of hydrogen-bond acceptors (Lipinski definition) is 5. The van der Waals surface area contributed by atoms with E-state index < -0.39 is 17.4 Å². The third kappa shape index (κ3) is 4.38. The summed E-state index contributed by atoms with van der Waals surface area (Å²) in [7, 11) is 1.45. The van der Waals surface area contributed by atoms with Crippen molar-refractivity contribution < 1.29 is 19.1 Å². The number of pyridine rings is 1. The molecule has 2 amide bonds. The summed E-state index contributed by atoms with van der Waals surface area (Å²) in [6.45, 7) is 2.26. The van der Waals surface area contributed by atoms with Gasteiger partial charge in [-0.1, -0.05) is 0 Å². The second kappa shape index (κ2) is 8.34. The Morgan fingerprint density at radius 3 is 2.60 bits per heavy atom. The monoisotopic (exact) mass is 409 g/mol. The maximum absolute atomic E-state index is 12.2. The van der Waals surface area contributed by atoms with E-state index in [1.165, 1.54) is 37.6 Å². The summed E-state index contributed by atoms with van der Waals surface area (Å²) in [6.07, 6.45) is 1.40. The number of methoxy groups -OCH3 is 1. The molecule has 132 valence electrons. The first-order valence-electron chi connectivity index (χ1n) is 7.26. The van der Waals surface area contributed by atoms with E-state index >= 15 is 0 Å². The van der Waals surface area contributed by atoms with Crippen LogP contribution in [0.25, 0.3) is 0 Å². The smallest absolute Gasteiger partial charge is 0.275 e. The summed E-state index contributed by atoms with van der Waals surface area (Å²) in [5.74, 6) is -0.469. The molecule has 0 aliphatic carbocycles. The Labute approximate surface area is 151 Å². The number of halogens is 1. The van der Waals surface area contributed by atoms with Gasteiger partial charge in [0, 0.05) is 11.8 Å². The minimum atomic E-state index is -0.729. The SMILES string of the molecule is CCOc1c(Br)cc(C(=O)NNC(=O)c2ccc[nH]c2=O)cc1OC. The number of carbonyl (C=O) groups is 2. The molecule has 0 atom stereocenters. The third-order valence-electron chi connectivity index (χ3n) is 3.13. The largest absolute Gasteiger partial charge is 0.493 e. The maximum atomic E-state index is 12.2. The standard InChI is InChI=1S/C16H16BrN3O5/c1-3-25-13-11(17)7-9(8-12(13)24-2)14(21)19-20-16(23)10-5-4-6-18-15(10)22/h4-8H,3H2,1-2H3,(H,18,22)(H,19,21)(H,20,23). The van der Waals surface area contributed by atoms with Gasteiger partial charge in [-0.2, -0.15) is 0 Å². The van der Waals surface area contributed by atoms with Gasteiger partial charge in [-0.05, 0) is 47.1 Å². The van der Waals surface area contributed by atoms with Crippen LogP contribution in [0.1, 0.15) is 27.6 Å². The lowest BCUT2D eigenvalue weighted by Gasteiger charge is -2.13. The van der Waals surface area contributed by atoms with Gasteiger partial charge in [0.15, 0.2) is 11.5 Å². The van der Waals surface area contributed by atoms with Crippen molar-refractivity contribution in [1.29, 1.82) is 0 Å². The Balaban J connectivity index is 2.13. The number of hydrazine groups is 1. The molecule has 9 heteroatoms. The summed E-state index contributed by atoms with van der Waals surface area (Å²) in [6, 6.07) is 5.86. The zero-order chi connectivity index (χ0) is 18.4. The van der Waals surface area contributed by atoms with Gasteiger partial charge in [0.1, 0.15) is 5.56 Å². The number of benzene rings is 1. The maximum Gasteiger partial charge on any atom is 0.275 e. The third-order valence-corrected chi connectivity index (χ3v) is 3.72. The van der Waals surface area contributed by atoms with E-state index in [2.05, 4.69) is 31.8 Å². The minimum Gasteiger partial charge on any atom is -0.493 e. The highest BCUT2D eigenvalue weighted by atomic mass is 79.9. The summed E-state index contributed by atoms with van der Waals surface area (Å²) in [5.41, 5.74) is 3.99. The van der Waals surface area contributed by atoms with Crippen LogP contribution in [0.2, 0.25) is 0 Å². The van der Waals surface area contributed by atoms with Crippen molar-refractivity contribution in [3.8, 4) is 11.5 Å². The second-order valence-corrected chi connectivity index (χ2v) is 5.60. The lowest BCUT2D eigenvalue weighted by Crippen LogP contribution is -2.43. The van der Waals surface area contributed by atoms with Crippen molar-refractivity contribution in [2.45, 2.75) is 6.92 Å². The average molecular weight is 410 g/mol. The van der Waals surface area contributed by atoms with Gasteiger partial charge in [-0.3, -0.25) is 25.2 Å². The Bertz CT molecular complexity index is 850. The molecule has 8 nitrogen and oxygen atoms in total. The average Bonchev–Trinajstić information content (AvgIpc) is 2.61. The molecule has 25 heavy (non-hydrogen) atoms. The van der Waals surface area contributed by atoms with Crippen molar-refractivity contribution in [3.63, 3.8) is 0 Å². The minimum absolute atomic E-state index is 0.117. The molecule has 0 unspecified atom stereocenters. The number of amides is 2. The van der Waals surface area contributed by atoms with E-state index in [4.69, 9.17) is 9.47 Å². The molecule has 0 aliphatic rings. The highest BCUT2D eigenvalue weighted by Crippen LogP contribution is 2.36. The molecule has 0 spiro atoms. The number of rotatable bonds is 5. The first-order valence-corrected chi connectivity index (χ1v) is 8.06. The second-order valence-electron chi connectivity index (χ2n) is 4.74. The van der Waals surface area contributed by atoms with Gasteiger partial charge < -0.3 is 14.5 Å². The fourth-order valence-electron chi connectivity index (χ4n) is 1.99. The van der Waals surface area contributed by atoms with Crippen molar-refractivity contribution in [2.75, 3.05) is 13.7 Å². The molecule has 1 aromatic heterocycles. The Hall–Kier alpha value is -2.81. The number of H-pyrrole nitrogens is 1. The van der Waals surface area contributed by atoms with Gasteiger partial charge in [0.25, 0.3) is 17.4 Å². The molecular formula is C16H16BrN3O5. The van der Waals surface area contributed by atoms with Crippen molar-refractivity contribution in [1.82, 2.24) is 15.8 Å². The molecule has 1 heterocycles. The predicted octanol–water partition coefficient (Wildman–Crippen LogP) is 1.62. The molecule has 3 N–H and O–H groups in total. The van der Waals surface area contributed by atoms with Crippen LogP contribution in [0, 0.1) is 0 Å². The van der Waals surface area contributed by atoms with Crippen LogP contribution in [0.15, 0.2) is 39.7 Å². The number of aromatic amines is 1. The van der Waals surface area contributed by atoms with E-state index in [0.29, 0.717) is 22.6 Å². The van der Waals surface area contributed by atoms with Crippen LogP contribution in [-0.4, -0.2) is 30.5 Å². The number of carbonyl (C=O) groups excluding carboxylic acids is 2. The molecule has 2 aromatic rings. The summed E-state index contributed by atoms with van der Waals surface area (Å²) < 4.78 is 11.2. The fraction of sp³-hybridized carbons (Fsp3) is 0.188. The highest BCUT2D eigenvalue weighted by Gasteiger charge is 2.16. The molecule has 0 aliphatic heterocycles. The van der Waals surface area contributed by atoms with Gasteiger partial charge in [0.05, 0.1) is 18.2 Å². The number of ether oxygens (including phenoxy) is 2. The summed E-state index contributed by atoms with van der Waals surface area (Å²) >= 11 is 3.32. The molecule has 0 saturated carbocycles. The van der Waals surface area contributed by atoms with Crippen LogP contribution in [0.3, 0.4) is 0 Å². The molecule has 0 radical (unpaired) electrons. The topological polar surface area (TPSA) is 110 Å². The summed E-state index contributed by atoms with van der Waals surface area (Å²) in [5, 5.41) is 0. The van der Waals surface area contributed by atoms with Crippen molar-refractivity contribution in [2.24, 2.45) is 0 Å². The number of aromatic nitrogens is 1. The van der Waals surface area contributed by atoms with Crippen LogP contribution >= 0.6 is 15.9 Å².